The van der Waals surface area contributed by atoms with E-state index in [1.165, 1.54) is 17.0 Å². The van der Waals surface area contributed by atoms with Crippen LogP contribution in [0.15, 0.2) is 82.2 Å². The van der Waals surface area contributed by atoms with Crippen molar-refractivity contribution in [3.05, 3.63) is 88.4 Å². The van der Waals surface area contributed by atoms with Gasteiger partial charge in [0.25, 0.3) is 10.0 Å². The molecule has 0 aromatic heterocycles. The van der Waals surface area contributed by atoms with Crippen molar-refractivity contribution in [2.24, 2.45) is 0 Å². The Labute approximate surface area is 263 Å². The van der Waals surface area contributed by atoms with Crippen molar-refractivity contribution in [1.29, 1.82) is 0 Å². The molecule has 43 heavy (non-hydrogen) atoms. The molecule has 8 nitrogen and oxygen atoms in total. The average molecular weight is 671 g/mol. The number of halogens is 1. The molecule has 0 saturated heterocycles. The fourth-order valence-corrected chi connectivity index (χ4v) is 6.92. The molecule has 10 heteroatoms. The van der Waals surface area contributed by atoms with Gasteiger partial charge in [-0.3, -0.25) is 13.9 Å². The highest BCUT2D eigenvalue weighted by Gasteiger charge is 2.34. The van der Waals surface area contributed by atoms with E-state index in [4.69, 9.17) is 4.74 Å². The molecule has 1 aliphatic rings. The quantitative estimate of drug-likeness (QED) is 0.247. The molecule has 1 unspecified atom stereocenters. The largest absolute Gasteiger partial charge is 0.492 e. The number of rotatable bonds is 12. The lowest BCUT2D eigenvalue weighted by Crippen LogP contribution is -2.53. The standard InChI is InChI=1S/C33H40BrN3O5S/c1-4-42-31-13-9-8-12-30(31)37(43(40,41)29-20-14-24(2)15-21-29)23-32(38)36(22-26-16-18-27(34)19-17-26)25(3)33(39)35-28-10-6-5-7-11-28/h8-9,12-21,25,28H,4-7,10-11,22-23H2,1-3H3,(H,35,39). The molecule has 1 aliphatic carbocycles. The fourth-order valence-electron chi connectivity index (χ4n) is 5.23. The van der Waals surface area contributed by atoms with Crippen LogP contribution in [0.3, 0.4) is 0 Å². The first kappa shape index (κ1) is 32.5. The highest BCUT2D eigenvalue weighted by atomic mass is 79.9. The Kier molecular flexibility index (Phi) is 11.3. The van der Waals surface area contributed by atoms with Gasteiger partial charge >= 0.3 is 0 Å². The van der Waals surface area contributed by atoms with Gasteiger partial charge in [-0.15, -0.1) is 0 Å². The number of carbonyl (C=O) groups excluding carboxylic acids is 2. The first-order valence-electron chi connectivity index (χ1n) is 14.8. The van der Waals surface area contributed by atoms with Gasteiger partial charge in [0.05, 0.1) is 17.2 Å². The third-order valence-corrected chi connectivity index (χ3v) is 10.0. The van der Waals surface area contributed by atoms with Gasteiger partial charge in [-0.2, -0.15) is 0 Å². The summed E-state index contributed by atoms with van der Waals surface area (Å²) in [5.41, 5.74) is 1.98. The number of hydrogen-bond acceptors (Lipinski definition) is 5. The molecule has 3 aromatic rings. The van der Waals surface area contributed by atoms with Crippen molar-refractivity contribution >= 4 is 43.5 Å². The van der Waals surface area contributed by atoms with Crippen LogP contribution < -0.4 is 14.4 Å². The lowest BCUT2D eigenvalue weighted by atomic mass is 9.95. The summed E-state index contributed by atoms with van der Waals surface area (Å²) < 4.78 is 36.0. The Balaban J connectivity index is 1.71. The van der Waals surface area contributed by atoms with Gasteiger partial charge in [0.1, 0.15) is 18.3 Å². The molecule has 0 spiro atoms. The number of sulfonamides is 1. The lowest BCUT2D eigenvalue weighted by molar-refractivity contribution is -0.139. The first-order chi connectivity index (χ1) is 20.6. The van der Waals surface area contributed by atoms with Gasteiger partial charge in [-0.25, -0.2) is 8.42 Å². The number of aryl methyl sites for hydroxylation is 1. The molecule has 0 aliphatic heterocycles. The summed E-state index contributed by atoms with van der Waals surface area (Å²) in [6.07, 6.45) is 5.11. The maximum absolute atomic E-state index is 14.2. The Morgan fingerprint density at radius 1 is 0.977 bits per heavy atom. The van der Waals surface area contributed by atoms with Crippen LogP contribution in [-0.4, -0.2) is 50.4 Å². The highest BCUT2D eigenvalue weighted by Crippen LogP contribution is 2.33. The molecule has 0 heterocycles. The zero-order chi connectivity index (χ0) is 31.0. The van der Waals surface area contributed by atoms with E-state index in [9.17, 15) is 18.0 Å². The molecule has 2 amide bonds. The summed E-state index contributed by atoms with van der Waals surface area (Å²) in [7, 11) is -4.19. The second-order valence-electron chi connectivity index (χ2n) is 10.9. The van der Waals surface area contributed by atoms with Crippen molar-refractivity contribution in [1.82, 2.24) is 10.2 Å². The molecule has 3 aromatic carbocycles. The van der Waals surface area contributed by atoms with E-state index in [1.54, 1.807) is 43.3 Å². The van der Waals surface area contributed by atoms with Crippen LogP contribution in [0.25, 0.3) is 0 Å². The van der Waals surface area contributed by atoms with Crippen molar-refractivity contribution < 1.29 is 22.7 Å². The molecule has 0 bridgehead atoms. The van der Waals surface area contributed by atoms with E-state index < -0.39 is 28.5 Å². The van der Waals surface area contributed by atoms with Crippen LogP contribution in [-0.2, 0) is 26.2 Å². The maximum atomic E-state index is 14.2. The predicted molar refractivity (Wildman–Crippen MR) is 172 cm³/mol. The van der Waals surface area contributed by atoms with Crippen LogP contribution in [0.4, 0.5) is 5.69 Å². The summed E-state index contributed by atoms with van der Waals surface area (Å²) in [6.45, 7) is 5.32. The van der Waals surface area contributed by atoms with Crippen molar-refractivity contribution in [2.45, 2.75) is 76.4 Å². The molecule has 1 N–H and O–H groups in total. The SMILES string of the molecule is CCOc1ccccc1N(CC(=O)N(Cc1ccc(Br)cc1)C(C)C(=O)NC1CCCCC1)S(=O)(=O)c1ccc(C)cc1. The molecule has 1 saturated carbocycles. The van der Waals surface area contributed by atoms with Crippen LogP contribution in [0.2, 0.25) is 0 Å². The van der Waals surface area contributed by atoms with Gasteiger partial charge in [0, 0.05) is 17.1 Å². The second kappa shape index (κ2) is 14.9. The number of nitrogens with zero attached hydrogens (tertiary/aromatic N) is 2. The van der Waals surface area contributed by atoms with Crippen LogP contribution in [0, 0.1) is 6.92 Å². The van der Waals surface area contributed by atoms with E-state index in [2.05, 4.69) is 21.2 Å². The summed E-state index contributed by atoms with van der Waals surface area (Å²) in [5, 5.41) is 3.13. The first-order valence-corrected chi connectivity index (χ1v) is 17.0. The summed E-state index contributed by atoms with van der Waals surface area (Å²) >= 11 is 3.44. The predicted octanol–water partition coefficient (Wildman–Crippen LogP) is 6.22. The lowest BCUT2D eigenvalue weighted by Gasteiger charge is -2.33. The second-order valence-corrected chi connectivity index (χ2v) is 13.7. The molecular weight excluding hydrogens is 630 g/mol. The van der Waals surface area contributed by atoms with Gasteiger partial charge in [-0.1, -0.05) is 77.2 Å². The average Bonchev–Trinajstić information content (AvgIpc) is 3.00. The van der Waals surface area contributed by atoms with Gasteiger partial charge in [0.2, 0.25) is 11.8 Å². The Morgan fingerprint density at radius 3 is 2.28 bits per heavy atom. The van der Waals surface area contributed by atoms with E-state index in [-0.39, 0.29) is 29.1 Å². The Hall–Kier alpha value is -3.37. The molecule has 4 rings (SSSR count). The molecule has 230 valence electrons. The molecule has 1 atom stereocenters. The number of nitrogens with one attached hydrogen (secondary N) is 1. The minimum atomic E-state index is -4.19. The number of para-hydroxylation sites is 2. The number of carbonyl (C=O) groups is 2. The van der Waals surface area contributed by atoms with Crippen molar-refractivity contribution in [3.8, 4) is 5.75 Å². The number of benzene rings is 3. The maximum Gasteiger partial charge on any atom is 0.264 e. The third kappa shape index (κ3) is 8.38. The van der Waals surface area contributed by atoms with E-state index in [1.807, 2.05) is 38.1 Å². The molecular formula is C33H40BrN3O5S. The molecule has 1 fully saturated rings. The minimum absolute atomic E-state index is 0.0553. The van der Waals surface area contributed by atoms with Gasteiger partial charge in [0.15, 0.2) is 0 Å². The van der Waals surface area contributed by atoms with Crippen LogP contribution >= 0.6 is 15.9 Å². The van der Waals surface area contributed by atoms with Gasteiger partial charge in [-0.05, 0) is 75.6 Å². The van der Waals surface area contributed by atoms with E-state index in [0.717, 1.165) is 52.0 Å². The monoisotopic (exact) mass is 669 g/mol. The fraction of sp³-hybridized carbons (Fsp3) is 0.394. The zero-order valence-corrected chi connectivity index (χ0v) is 27.4. The zero-order valence-electron chi connectivity index (χ0n) is 25.0. The summed E-state index contributed by atoms with van der Waals surface area (Å²) in [6, 6.07) is 20.0. The van der Waals surface area contributed by atoms with Crippen LogP contribution in [0.1, 0.15) is 57.1 Å². The van der Waals surface area contributed by atoms with Crippen molar-refractivity contribution in [2.75, 3.05) is 17.5 Å². The smallest absolute Gasteiger partial charge is 0.264 e. The number of anilines is 1. The minimum Gasteiger partial charge on any atom is -0.492 e. The van der Waals surface area contributed by atoms with Crippen LogP contribution in [0.5, 0.6) is 5.75 Å². The van der Waals surface area contributed by atoms with Gasteiger partial charge < -0.3 is 15.0 Å². The summed E-state index contributed by atoms with van der Waals surface area (Å²) in [5.74, 6) is -0.410. The normalized spacial score (nSPS) is 14.5. The molecule has 0 radical (unpaired) electrons. The Bertz CT molecular complexity index is 1490. The number of hydrogen-bond donors (Lipinski definition) is 1. The Morgan fingerprint density at radius 2 is 1.63 bits per heavy atom. The van der Waals surface area contributed by atoms with Crippen molar-refractivity contribution in [3.63, 3.8) is 0 Å². The number of amides is 2. The van der Waals surface area contributed by atoms with E-state index >= 15 is 0 Å². The third-order valence-electron chi connectivity index (χ3n) is 7.71. The summed E-state index contributed by atoms with van der Waals surface area (Å²) in [4.78, 5) is 29.2. The topological polar surface area (TPSA) is 96.0 Å². The highest BCUT2D eigenvalue weighted by molar-refractivity contribution is 9.10. The number of ether oxygens (including phenoxy) is 1. The van der Waals surface area contributed by atoms with E-state index in [0.29, 0.717) is 12.4 Å².